The first-order chi connectivity index (χ1) is 10.0. The molecule has 0 aliphatic carbocycles. The first-order valence-electron chi connectivity index (χ1n) is 7.92. The summed E-state index contributed by atoms with van der Waals surface area (Å²) in [7, 11) is 2.18. The van der Waals surface area contributed by atoms with Crippen molar-refractivity contribution in [3.63, 3.8) is 0 Å². The van der Waals surface area contributed by atoms with Gasteiger partial charge >= 0.3 is 0 Å². The standard InChI is InChI=1S/C18H28N2O/c1-13(2)20(5)12-8-11-19-15(4)18-14(3)16-9-6-7-10-17(16)21-18/h6-7,9-10,13,15,19H,8,11-12H2,1-5H3. The predicted molar refractivity (Wildman–Crippen MR) is 89.8 cm³/mol. The lowest BCUT2D eigenvalue weighted by molar-refractivity contribution is 0.267. The molecule has 0 radical (unpaired) electrons. The molecule has 1 atom stereocenters. The van der Waals surface area contributed by atoms with Crippen molar-refractivity contribution in [2.75, 3.05) is 20.1 Å². The molecule has 3 nitrogen and oxygen atoms in total. The van der Waals surface area contributed by atoms with Crippen molar-refractivity contribution in [1.29, 1.82) is 0 Å². The first kappa shape index (κ1) is 16.1. The Morgan fingerprint density at radius 3 is 2.57 bits per heavy atom. The van der Waals surface area contributed by atoms with Crippen LogP contribution in [0.15, 0.2) is 28.7 Å². The molecule has 1 unspecified atom stereocenters. The van der Waals surface area contributed by atoms with E-state index in [1.54, 1.807) is 0 Å². The Morgan fingerprint density at radius 2 is 1.90 bits per heavy atom. The third-order valence-electron chi connectivity index (χ3n) is 4.29. The maximum atomic E-state index is 6.00. The van der Waals surface area contributed by atoms with Gasteiger partial charge in [0.1, 0.15) is 11.3 Å². The van der Waals surface area contributed by atoms with Gasteiger partial charge in [-0.2, -0.15) is 0 Å². The Balaban J connectivity index is 1.90. The van der Waals surface area contributed by atoms with E-state index >= 15 is 0 Å². The fourth-order valence-corrected chi connectivity index (χ4v) is 2.60. The topological polar surface area (TPSA) is 28.4 Å². The predicted octanol–water partition coefficient (Wildman–Crippen LogP) is 4.12. The average Bonchev–Trinajstić information content (AvgIpc) is 2.81. The van der Waals surface area contributed by atoms with Crippen molar-refractivity contribution in [2.45, 2.75) is 46.2 Å². The van der Waals surface area contributed by atoms with Gasteiger partial charge in [0.05, 0.1) is 6.04 Å². The number of para-hydroxylation sites is 1. The highest BCUT2D eigenvalue weighted by Gasteiger charge is 2.15. The Bertz CT molecular complexity index is 574. The average molecular weight is 288 g/mol. The van der Waals surface area contributed by atoms with Crippen LogP contribution in [0.1, 0.15) is 44.6 Å². The van der Waals surface area contributed by atoms with Crippen LogP contribution in [0, 0.1) is 6.92 Å². The minimum atomic E-state index is 0.252. The second-order valence-electron chi connectivity index (χ2n) is 6.19. The molecule has 0 saturated heterocycles. The van der Waals surface area contributed by atoms with Crippen molar-refractivity contribution in [2.24, 2.45) is 0 Å². The van der Waals surface area contributed by atoms with Crippen LogP contribution < -0.4 is 5.32 Å². The molecule has 1 N–H and O–H groups in total. The van der Waals surface area contributed by atoms with E-state index in [1.807, 2.05) is 12.1 Å². The van der Waals surface area contributed by atoms with Gasteiger partial charge in [-0.25, -0.2) is 0 Å². The molecule has 3 heteroatoms. The Labute approximate surface area is 128 Å². The summed E-state index contributed by atoms with van der Waals surface area (Å²) in [6.07, 6.45) is 1.15. The zero-order valence-corrected chi connectivity index (χ0v) is 13.9. The van der Waals surface area contributed by atoms with Crippen LogP contribution in [-0.4, -0.2) is 31.1 Å². The van der Waals surface area contributed by atoms with E-state index in [-0.39, 0.29) is 6.04 Å². The molecule has 0 aliphatic rings. The molecule has 0 fully saturated rings. The molecule has 21 heavy (non-hydrogen) atoms. The lowest BCUT2D eigenvalue weighted by atomic mass is 10.1. The summed E-state index contributed by atoms with van der Waals surface area (Å²) in [6, 6.07) is 9.11. The molecular formula is C18H28N2O. The molecule has 0 amide bonds. The van der Waals surface area contributed by atoms with E-state index in [0.29, 0.717) is 6.04 Å². The molecule has 2 aromatic rings. The monoisotopic (exact) mass is 288 g/mol. The fourth-order valence-electron chi connectivity index (χ4n) is 2.60. The summed E-state index contributed by atoms with van der Waals surface area (Å²) < 4.78 is 6.00. The Hall–Kier alpha value is -1.32. The van der Waals surface area contributed by atoms with Gasteiger partial charge in [-0.05, 0) is 65.9 Å². The normalized spacial score (nSPS) is 13.5. The van der Waals surface area contributed by atoms with E-state index in [2.05, 4.69) is 57.1 Å². The molecule has 0 bridgehead atoms. The molecule has 0 spiro atoms. The number of rotatable bonds is 7. The van der Waals surface area contributed by atoms with Crippen LogP contribution in [-0.2, 0) is 0 Å². The molecule has 1 heterocycles. The molecular weight excluding hydrogens is 260 g/mol. The Morgan fingerprint density at radius 1 is 1.19 bits per heavy atom. The van der Waals surface area contributed by atoms with Gasteiger partial charge in [0.25, 0.3) is 0 Å². The van der Waals surface area contributed by atoms with Gasteiger partial charge in [-0.3, -0.25) is 0 Å². The van der Waals surface area contributed by atoms with Crippen molar-refractivity contribution >= 4 is 11.0 Å². The maximum Gasteiger partial charge on any atom is 0.134 e. The summed E-state index contributed by atoms with van der Waals surface area (Å²) in [5, 5.41) is 4.80. The second kappa shape index (κ2) is 7.10. The molecule has 116 valence electrons. The van der Waals surface area contributed by atoms with Crippen LogP contribution >= 0.6 is 0 Å². The smallest absolute Gasteiger partial charge is 0.134 e. The van der Waals surface area contributed by atoms with Gasteiger partial charge in [0.15, 0.2) is 0 Å². The molecule has 1 aromatic heterocycles. The molecule has 1 aromatic carbocycles. The van der Waals surface area contributed by atoms with Crippen LogP contribution in [0.2, 0.25) is 0 Å². The van der Waals surface area contributed by atoms with Crippen molar-refractivity contribution in [1.82, 2.24) is 10.2 Å². The van der Waals surface area contributed by atoms with E-state index in [9.17, 15) is 0 Å². The van der Waals surface area contributed by atoms with Crippen molar-refractivity contribution < 1.29 is 4.42 Å². The number of aryl methyl sites for hydroxylation is 1. The van der Waals surface area contributed by atoms with Crippen LogP contribution in [0.5, 0.6) is 0 Å². The Kier molecular flexibility index (Phi) is 5.43. The van der Waals surface area contributed by atoms with Crippen LogP contribution in [0.3, 0.4) is 0 Å². The largest absolute Gasteiger partial charge is 0.459 e. The van der Waals surface area contributed by atoms with E-state index < -0.39 is 0 Å². The van der Waals surface area contributed by atoms with Crippen molar-refractivity contribution in [3.05, 3.63) is 35.6 Å². The second-order valence-corrected chi connectivity index (χ2v) is 6.19. The number of hydrogen-bond donors (Lipinski definition) is 1. The highest BCUT2D eigenvalue weighted by Crippen LogP contribution is 2.28. The summed E-state index contributed by atoms with van der Waals surface area (Å²) in [4.78, 5) is 2.37. The highest BCUT2D eigenvalue weighted by molar-refractivity contribution is 5.82. The fraction of sp³-hybridized carbons (Fsp3) is 0.556. The SMILES string of the molecule is Cc1c(C(C)NCCCN(C)C(C)C)oc2ccccc12. The lowest BCUT2D eigenvalue weighted by Gasteiger charge is -2.21. The molecule has 2 rings (SSSR count). The van der Waals surface area contributed by atoms with Gasteiger partial charge in [-0.1, -0.05) is 18.2 Å². The van der Waals surface area contributed by atoms with Gasteiger partial charge < -0.3 is 14.6 Å². The third kappa shape index (κ3) is 3.86. The van der Waals surface area contributed by atoms with Gasteiger partial charge in [0, 0.05) is 11.4 Å². The van der Waals surface area contributed by atoms with Gasteiger partial charge in [0.2, 0.25) is 0 Å². The summed E-state index contributed by atoms with van der Waals surface area (Å²) in [6.45, 7) is 10.9. The van der Waals surface area contributed by atoms with Crippen LogP contribution in [0.4, 0.5) is 0 Å². The number of fused-ring (bicyclic) bond motifs is 1. The molecule has 0 saturated carbocycles. The number of furan rings is 1. The minimum absolute atomic E-state index is 0.252. The van der Waals surface area contributed by atoms with Crippen molar-refractivity contribution in [3.8, 4) is 0 Å². The highest BCUT2D eigenvalue weighted by atomic mass is 16.3. The number of nitrogens with one attached hydrogen (secondary N) is 1. The summed E-state index contributed by atoms with van der Waals surface area (Å²) in [5.74, 6) is 1.06. The number of hydrogen-bond acceptors (Lipinski definition) is 3. The summed E-state index contributed by atoms with van der Waals surface area (Å²) in [5.41, 5.74) is 2.24. The van der Waals surface area contributed by atoms with E-state index in [0.717, 1.165) is 30.9 Å². The minimum Gasteiger partial charge on any atom is -0.459 e. The lowest BCUT2D eigenvalue weighted by Crippen LogP contribution is -2.30. The summed E-state index contributed by atoms with van der Waals surface area (Å²) >= 11 is 0. The zero-order chi connectivity index (χ0) is 15.4. The van der Waals surface area contributed by atoms with E-state index in [1.165, 1.54) is 10.9 Å². The zero-order valence-electron chi connectivity index (χ0n) is 13.9. The first-order valence-corrected chi connectivity index (χ1v) is 7.92. The molecule has 0 aliphatic heterocycles. The van der Waals surface area contributed by atoms with E-state index in [4.69, 9.17) is 4.42 Å². The van der Waals surface area contributed by atoms with Crippen LogP contribution in [0.25, 0.3) is 11.0 Å². The number of nitrogens with zero attached hydrogens (tertiary/aromatic N) is 1. The number of benzene rings is 1. The maximum absolute atomic E-state index is 6.00. The third-order valence-corrected chi connectivity index (χ3v) is 4.29. The quantitative estimate of drug-likeness (QED) is 0.777. The van der Waals surface area contributed by atoms with Gasteiger partial charge in [-0.15, -0.1) is 0 Å².